The topological polar surface area (TPSA) is 78.5 Å². The molecule has 0 N–H and O–H groups in total. The first-order valence-electron chi connectivity index (χ1n) is 6.12. The maximum atomic E-state index is 12.1. The van der Waals surface area contributed by atoms with E-state index in [4.69, 9.17) is 0 Å². The van der Waals surface area contributed by atoms with Crippen molar-refractivity contribution in [2.45, 2.75) is 13.3 Å². The molecule has 2 aromatic heterocycles. The van der Waals surface area contributed by atoms with Gasteiger partial charge in [-0.3, -0.25) is 0 Å². The van der Waals surface area contributed by atoms with E-state index in [2.05, 4.69) is 20.6 Å². The third-order valence-electron chi connectivity index (χ3n) is 3.00. The van der Waals surface area contributed by atoms with E-state index in [1.165, 1.54) is 17.1 Å². The van der Waals surface area contributed by atoms with Crippen molar-refractivity contribution in [3.8, 4) is 0 Å². The Hall–Kier alpha value is -2.83. The van der Waals surface area contributed by atoms with Crippen LogP contribution in [-0.4, -0.2) is 36.0 Å². The zero-order valence-corrected chi connectivity index (χ0v) is 10.8. The van der Waals surface area contributed by atoms with Crippen LogP contribution in [0.4, 0.5) is 4.79 Å². The summed E-state index contributed by atoms with van der Waals surface area (Å²) < 4.78 is 2.35. The number of benzene rings is 1. The molecule has 0 radical (unpaired) electrons. The average Bonchev–Trinajstić information content (AvgIpc) is 3.11. The van der Waals surface area contributed by atoms with Gasteiger partial charge in [0.2, 0.25) is 0 Å². The Morgan fingerprint density at radius 1 is 1.20 bits per heavy atom. The van der Waals surface area contributed by atoms with E-state index < -0.39 is 6.03 Å². The lowest BCUT2D eigenvalue weighted by Crippen LogP contribution is -2.22. The second kappa shape index (κ2) is 5.04. The molecule has 3 rings (SSSR count). The first-order valence-corrected chi connectivity index (χ1v) is 6.12. The first-order chi connectivity index (χ1) is 9.75. The van der Waals surface area contributed by atoms with Crippen molar-refractivity contribution < 1.29 is 4.79 Å². The van der Waals surface area contributed by atoms with E-state index in [0.717, 1.165) is 15.9 Å². The van der Waals surface area contributed by atoms with Crippen molar-refractivity contribution in [3.63, 3.8) is 0 Å². The van der Waals surface area contributed by atoms with E-state index in [0.29, 0.717) is 12.1 Å². The summed E-state index contributed by atoms with van der Waals surface area (Å²) in [5.74, 6) is 0. The number of hydrogen-bond acceptors (Lipinski definition) is 5. The highest BCUT2D eigenvalue weighted by Crippen LogP contribution is 2.11. The summed E-state index contributed by atoms with van der Waals surface area (Å²) in [7, 11) is 0. The maximum Gasteiger partial charge on any atom is 0.372 e. The highest BCUT2D eigenvalue weighted by molar-refractivity contribution is 5.77. The molecule has 0 aliphatic heterocycles. The normalized spacial score (nSPS) is 10.7. The predicted octanol–water partition coefficient (Wildman–Crippen LogP) is 1.29. The van der Waals surface area contributed by atoms with Crippen LogP contribution in [0.5, 0.6) is 0 Å². The Labute approximate surface area is 114 Å². The zero-order valence-electron chi connectivity index (χ0n) is 10.8. The number of hydrogen-bond donors (Lipinski definition) is 0. The fraction of sp³-hybridized carbons (Fsp3) is 0.154. The molecule has 100 valence electrons. The molecule has 3 aromatic rings. The highest BCUT2D eigenvalue weighted by Gasteiger charge is 2.16. The molecule has 0 atom stereocenters. The summed E-state index contributed by atoms with van der Waals surface area (Å²) >= 11 is 0. The van der Waals surface area contributed by atoms with Crippen molar-refractivity contribution in [2.24, 2.45) is 0 Å². The summed E-state index contributed by atoms with van der Waals surface area (Å²) in [6.45, 7) is 1.81. The average molecular weight is 268 g/mol. The molecule has 0 saturated heterocycles. The molecule has 0 aliphatic rings. The van der Waals surface area contributed by atoms with Gasteiger partial charge in [-0.1, -0.05) is 40.8 Å². The summed E-state index contributed by atoms with van der Waals surface area (Å²) in [6.07, 6.45) is 3.55. The SMILES string of the molecule is Cc1c(Cc2ccccc2)nnn1C(=O)n1ccnn1. The number of rotatable bonds is 2. The lowest BCUT2D eigenvalue weighted by molar-refractivity contribution is 0.236. The molecule has 0 unspecified atom stereocenters. The Morgan fingerprint density at radius 2 is 2.00 bits per heavy atom. The van der Waals surface area contributed by atoms with E-state index in [1.807, 2.05) is 37.3 Å². The molecule has 1 aromatic carbocycles. The second-order valence-electron chi connectivity index (χ2n) is 4.33. The minimum Gasteiger partial charge on any atom is -0.243 e. The van der Waals surface area contributed by atoms with Crippen LogP contribution >= 0.6 is 0 Å². The summed E-state index contributed by atoms with van der Waals surface area (Å²) in [4.78, 5) is 12.1. The van der Waals surface area contributed by atoms with Gasteiger partial charge >= 0.3 is 6.03 Å². The maximum absolute atomic E-state index is 12.1. The van der Waals surface area contributed by atoms with Crippen molar-refractivity contribution >= 4 is 6.03 Å². The van der Waals surface area contributed by atoms with E-state index in [-0.39, 0.29) is 0 Å². The largest absolute Gasteiger partial charge is 0.372 e. The minimum absolute atomic E-state index is 0.396. The van der Waals surface area contributed by atoms with Crippen LogP contribution in [-0.2, 0) is 6.42 Å². The van der Waals surface area contributed by atoms with Crippen LogP contribution in [0.15, 0.2) is 42.7 Å². The molecule has 0 aliphatic carbocycles. The van der Waals surface area contributed by atoms with Gasteiger partial charge in [0, 0.05) is 6.42 Å². The van der Waals surface area contributed by atoms with Gasteiger partial charge < -0.3 is 0 Å². The van der Waals surface area contributed by atoms with Gasteiger partial charge in [0.25, 0.3) is 0 Å². The van der Waals surface area contributed by atoms with Gasteiger partial charge in [-0.05, 0) is 12.5 Å². The first kappa shape index (κ1) is 12.2. The summed E-state index contributed by atoms with van der Waals surface area (Å²) in [6, 6.07) is 9.52. The van der Waals surface area contributed by atoms with Crippen molar-refractivity contribution in [3.05, 3.63) is 59.7 Å². The Morgan fingerprint density at radius 3 is 2.70 bits per heavy atom. The molecule has 7 heteroatoms. The van der Waals surface area contributed by atoms with Crippen LogP contribution in [0, 0.1) is 6.92 Å². The van der Waals surface area contributed by atoms with Crippen LogP contribution < -0.4 is 0 Å². The molecule has 0 amide bonds. The molecular formula is C13H12N6O. The van der Waals surface area contributed by atoms with Crippen molar-refractivity contribution in [1.29, 1.82) is 0 Å². The number of aromatic nitrogens is 6. The van der Waals surface area contributed by atoms with E-state index in [9.17, 15) is 4.79 Å². The fourth-order valence-electron chi connectivity index (χ4n) is 1.90. The Balaban J connectivity index is 1.87. The smallest absolute Gasteiger partial charge is 0.243 e. The lowest BCUT2D eigenvalue weighted by Gasteiger charge is -2.01. The quantitative estimate of drug-likeness (QED) is 0.699. The molecule has 0 fully saturated rings. The van der Waals surface area contributed by atoms with Crippen LogP contribution in [0.1, 0.15) is 17.0 Å². The predicted molar refractivity (Wildman–Crippen MR) is 70.2 cm³/mol. The zero-order chi connectivity index (χ0) is 13.9. The molecular weight excluding hydrogens is 256 g/mol. The monoisotopic (exact) mass is 268 g/mol. The minimum atomic E-state index is -0.396. The third kappa shape index (κ3) is 2.20. The van der Waals surface area contributed by atoms with Gasteiger partial charge in [-0.15, -0.1) is 10.2 Å². The number of carbonyl (C=O) groups excluding carboxylic acids is 1. The lowest BCUT2D eigenvalue weighted by atomic mass is 10.1. The summed E-state index contributed by atoms with van der Waals surface area (Å²) in [5, 5.41) is 15.2. The number of carbonyl (C=O) groups is 1. The second-order valence-corrected chi connectivity index (χ2v) is 4.33. The molecule has 7 nitrogen and oxygen atoms in total. The Bertz CT molecular complexity index is 717. The van der Waals surface area contributed by atoms with Crippen LogP contribution in [0.25, 0.3) is 0 Å². The molecule has 2 heterocycles. The van der Waals surface area contributed by atoms with Gasteiger partial charge in [-0.2, -0.15) is 9.36 Å². The van der Waals surface area contributed by atoms with Crippen molar-refractivity contribution in [1.82, 2.24) is 30.0 Å². The van der Waals surface area contributed by atoms with E-state index in [1.54, 1.807) is 0 Å². The van der Waals surface area contributed by atoms with Gasteiger partial charge in [0.15, 0.2) is 0 Å². The van der Waals surface area contributed by atoms with Gasteiger partial charge in [-0.25, -0.2) is 4.79 Å². The fourth-order valence-corrected chi connectivity index (χ4v) is 1.90. The van der Waals surface area contributed by atoms with Gasteiger partial charge in [0.1, 0.15) is 0 Å². The van der Waals surface area contributed by atoms with Crippen LogP contribution in [0.2, 0.25) is 0 Å². The van der Waals surface area contributed by atoms with E-state index >= 15 is 0 Å². The highest BCUT2D eigenvalue weighted by atomic mass is 16.2. The summed E-state index contributed by atoms with van der Waals surface area (Å²) in [5.41, 5.74) is 2.59. The van der Waals surface area contributed by atoms with Crippen LogP contribution in [0.3, 0.4) is 0 Å². The Kier molecular flexibility index (Phi) is 3.08. The number of nitrogens with zero attached hydrogens (tertiary/aromatic N) is 6. The van der Waals surface area contributed by atoms with Gasteiger partial charge in [0.05, 0.1) is 23.8 Å². The molecule has 0 spiro atoms. The van der Waals surface area contributed by atoms with Crippen molar-refractivity contribution in [2.75, 3.05) is 0 Å². The third-order valence-corrected chi connectivity index (χ3v) is 3.00. The standard InChI is InChI=1S/C13H12N6O/c1-10-12(9-11-5-3-2-4-6-11)15-17-19(10)13(20)18-8-7-14-16-18/h2-8H,9H2,1H3. The molecule has 0 bridgehead atoms. The molecule has 20 heavy (non-hydrogen) atoms. The molecule has 0 saturated carbocycles.